The summed E-state index contributed by atoms with van der Waals surface area (Å²) >= 11 is 5.57. The Morgan fingerprint density at radius 3 is 2.67 bits per heavy atom. The molecule has 1 amide bonds. The van der Waals surface area contributed by atoms with Crippen LogP contribution in [0.25, 0.3) is 0 Å². The molecule has 100 valence electrons. The molecule has 0 atom stereocenters. The zero-order chi connectivity index (χ0) is 13.5. The van der Waals surface area contributed by atoms with E-state index in [9.17, 15) is 4.79 Å². The highest BCUT2D eigenvalue weighted by Crippen LogP contribution is 2.10. The van der Waals surface area contributed by atoms with Crippen LogP contribution in [0.15, 0.2) is 28.2 Å². The van der Waals surface area contributed by atoms with E-state index in [0.29, 0.717) is 17.3 Å². The van der Waals surface area contributed by atoms with Crippen LogP contribution in [0.5, 0.6) is 0 Å². The molecule has 0 aliphatic heterocycles. The molecule has 1 rings (SSSR count). The first-order valence-electron chi connectivity index (χ1n) is 5.99. The molecule has 0 spiro atoms. The van der Waals surface area contributed by atoms with Gasteiger partial charge in [-0.2, -0.15) is 0 Å². The summed E-state index contributed by atoms with van der Waals surface area (Å²) in [6, 6.07) is 3.49. The third-order valence-corrected chi connectivity index (χ3v) is 2.73. The number of nitrogens with zero attached hydrogens (tertiary/aromatic N) is 1. The number of furan rings is 1. The molecule has 1 N–H and O–H groups in total. The van der Waals surface area contributed by atoms with Crippen molar-refractivity contribution in [1.82, 2.24) is 10.2 Å². The third kappa shape index (κ3) is 4.55. The fraction of sp³-hybridized carbons (Fsp3) is 0.462. The molecule has 1 heterocycles. The van der Waals surface area contributed by atoms with E-state index >= 15 is 0 Å². The zero-order valence-electron chi connectivity index (χ0n) is 10.8. The predicted molar refractivity (Wildman–Crippen MR) is 72.7 cm³/mol. The van der Waals surface area contributed by atoms with Gasteiger partial charge in [0.15, 0.2) is 5.76 Å². The minimum Gasteiger partial charge on any atom is -0.455 e. The van der Waals surface area contributed by atoms with Crippen molar-refractivity contribution in [3.05, 3.63) is 35.3 Å². The molecule has 0 fully saturated rings. The van der Waals surface area contributed by atoms with Crippen molar-refractivity contribution in [3.63, 3.8) is 0 Å². The normalized spacial score (nSPS) is 10.7. The smallest absolute Gasteiger partial charge is 0.287 e. The van der Waals surface area contributed by atoms with Gasteiger partial charge in [0.05, 0.1) is 13.1 Å². The molecule has 0 radical (unpaired) electrons. The fourth-order valence-corrected chi connectivity index (χ4v) is 1.58. The Hall–Kier alpha value is -1.26. The van der Waals surface area contributed by atoms with Gasteiger partial charge < -0.3 is 9.73 Å². The monoisotopic (exact) mass is 270 g/mol. The Morgan fingerprint density at radius 1 is 1.44 bits per heavy atom. The van der Waals surface area contributed by atoms with Gasteiger partial charge in [-0.15, -0.1) is 0 Å². The van der Waals surface area contributed by atoms with E-state index in [0.717, 1.165) is 18.8 Å². The maximum Gasteiger partial charge on any atom is 0.287 e. The van der Waals surface area contributed by atoms with Crippen molar-refractivity contribution in [1.29, 1.82) is 0 Å². The van der Waals surface area contributed by atoms with Crippen LogP contribution in [0.3, 0.4) is 0 Å². The molecule has 0 unspecified atom stereocenters. The van der Waals surface area contributed by atoms with E-state index in [4.69, 9.17) is 16.0 Å². The first-order chi connectivity index (χ1) is 8.56. The molecule has 1 aromatic heterocycles. The second kappa shape index (κ2) is 7.24. The highest BCUT2D eigenvalue weighted by Gasteiger charge is 2.12. The maximum absolute atomic E-state index is 11.7. The van der Waals surface area contributed by atoms with Crippen LogP contribution in [0.2, 0.25) is 0 Å². The standard InChI is InChI=1S/C13H19ClN2O2/c1-4-16(5-2)9-11-6-7-12(18-11)13(17)15-8-10(3)14/h6-7H,3-5,8-9H2,1-2H3,(H,15,17). The average molecular weight is 271 g/mol. The molecule has 18 heavy (non-hydrogen) atoms. The molecular weight excluding hydrogens is 252 g/mol. The van der Waals surface area contributed by atoms with Gasteiger partial charge in [0, 0.05) is 5.03 Å². The van der Waals surface area contributed by atoms with E-state index in [1.165, 1.54) is 0 Å². The van der Waals surface area contributed by atoms with Crippen molar-refractivity contribution >= 4 is 17.5 Å². The number of amides is 1. The van der Waals surface area contributed by atoms with Gasteiger partial charge in [-0.1, -0.05) is 32.0 Å². The zero-order valence-corrected chi connectivity index (χ0v) is 11.6. The minimum absolute atomic E-state index is 0.243. The van der Waals surface area contributed by atoms with Crippen LogP contribution in [0, 0.1) is 0 Å². The summed E-state index contributed by atoms with van der Waals surface area (Å²) in [5, 5.41) is 3.00. The second-order valence-corrected chi connectivity index (χ2v) is 4.46. The van der Waals surface area contributed by atoms with Gasteiger partial charge in [0.1, 0.15) is 5.76 Å². The van der Waals surface area contributed by atoms with Gasteiger partial charge in [0.2, 0.25) is 0 Å². The summed E-state index contributed by atoms with van der Waals surface area (Å²) in [6.45, 7) is 10.5. The molecule has 5 heteroatoms. The van der Waals surface area contributed by atoms with E-state index < -0.39 is 0 Å². The number of hydrogen-bond acceptors (Lipinski definition) is 3. The summed E-state index contributed by atoms with van der Waals surface area (Å²) in [6.07, 6.45) is 0. The lowest BCUT2D eigenvalue weighted by atomic mass is 10.3. The molecule has 1 aromatic rings. The van der Waals surface area contributed by atoms with Crippen molar-refractivity contribution in [2.75, 3.05) is 19.6 Å². The summed E-state index contributed by atoms with van der Waals surface area (Å²) in [5.74, 6) is 0.811. The van der Waals surface area contributed by atoms with Crippen molar-refractivity contribution in [2.24, 2.45) is 0 Å². The van der Waals surface area contributed by atoms with Crippen LogP contribution >= 0.6 is 11.6 Å². The molecule has 0 aliphatic carbocycles. The first kappa shape index (κ1) is 14.8. The highest BCUT2D eigenvalue weighted by molar-refractivity contribution is 6.29. The lowest BCUT2D eigenvalue weighted by Gasteiger charge is -2.15. The first-order valence-corrected chi connectivity index (χ1v) is 6.37. The van der Waals surface area contributed by atoms with E-state index in [1.54, 1.807) is 6.07 Å². The Bertz CT molecular complexity index is 411. The quantitative estimate of drug-likeness (QED) is 0.828. The molecule has 0 saturated carbocycles. The van der Waals surface area contributed by atoms with Crippen LogP contribution in [-0.2, 0) is 6.54 Å². The van der Waals surface area contributed by atoms with Gasteiger partial charge in [0.25, 0.3) is 5.91 Å². The maximum atomic E-state index is 11.7. The average Bonchev–Trinajstić information content (AvgIpc) is 2.81. The van der Waals surface area contributed by atoms with E-state index in [-0.39, 0.29) is 12.5 Å². The molecule has 4 nitrogen and oxygen atoms in total. The van der Waals surface area contributed by atoms with Crippen LogP contribution in [0.4, 0.5) is 0 Å². The Labute approximate surface area is 113 Å². The Balaban J connectivity index is 2.57. The fourth-order valence-electron chi connectivity index (χ4n) is 1.52. The van der Waals surface area contributed by atoms with Crippen molar-refractivity contribution in [3.8, 4) is 0 Å². The van der Waals surface area contributed by atoms with Crippen LogP contribution in [0.1, 0.15) is 30.2 Å². The number of rotatable bonds is 7. The van der Waals surface area contributed by atoms with Crippen LogP contribution < -0.4 is 5.32 Å². The summed E-state index contributed by atoms with van der Waals surface area (Å²) in [7, 11) is 0. The summed E-state index contributed by atoms with van der Waals surface area (Å²) in [5.41, 5.74) is 0. The van der Waals surface area contributed by atoms with Crippen molar-refractivity contribution in [2.45, 2.75) is 20.4 Å². The van der Waals surface area contributed by atoms with Gasteiger partial charge in [-0.05, 0) is 25.2 Å². The van der Waals surface area contributed by atoms with E-state index in [1.807, 2.05) is 6.07 Å². The third-order valence-electron chi connectivity index (χ3n) is 2.60. The Kier molecular flexibility index (Phi) is 5.95. The molecule has 0 saturated heterocycles. The largest absolute Gasteiger partial charge is 0.455 e. The molecular formula is C13H19ClN2O2. The minimum atomic E-state index is -0.275. The molecule has 0 aliphatic rings. The van der Waals surface area contributed by atoms with Crippen LogP contribution in [-0.4, -0.2) is 30.4 Å². The summed E-state index contributed by atoms with van der Waals surface area (Å²) < 4.78 is 5.49. The number of nitrogens with one attached hydrogen (secondary N) is 1. The lowest BCUT2D eigenvalue weighted by molar-refractivity contribution is 0.0926. The lowest BCUT2D eigenvalue weighted by Crippen LogP contribution is -2.24. The SMILES string of the molecule is C=C(Cl)CNC(=O)c1ccc(CN(CC)CC)o1. The van der Waals surface area contributed by atoms with E-state index in [2.05, 4.69) is 30.6 Å². The molecule has 0 aromatic carbocycles. The molecule has 0 bridgehead atoms. The Morgan fingerprint density at radius 2 is 2.11 bits per heavy atom. The van der Waals surface area contributed by atoms with Gasteiger partial charge >= 0.3 is 0 Å². The van der Waals surface area contributed by atoms with Gasteiger partial charge in [-0.3, -0.25) is 9.69 Å². The summed E-state index contributed by atoms with van der Waals surface area (Å²) in [4.78, 5) is 13.9. The predicted octanol–water partition coefficient (Wildman–Crippen LogP) is 2.60. The number of carbonyl (C=O) groups excluding carboxylic acids is 1. The topological polar surface area (TPSA) is 45.5 Å². The number of halogens is 1. The number of carbonyl (C=O) groups is 1. The van der Waals surface area contributed by atoms with Crippen molar-refractivity contribution < 1.29 is 9.21 Å². The van der Waals surface area contributed by atoms with Gasteiger partial charge in [-0.25, -0.2) is 0 Å². The second-order valence-electron chi connectivity index (χ2n) is 3.93. The highest BCUT2D eigenvalue weighted by atomic mass is 35.5. The number of hydrogen-bond donors (Lipinski definition) is 1.